The van der Waals surface area contributed by atoms with E-state index in [1.54, 1.807) is 19.1 Å². The van der Waals surface area contributed by atoms with Crippen LogP contribution in [0.25, 0.3) is 0 Å². The van der Waals surface area contributed by atoms with Gasteiger partial charge in [-0.3, -0.25) is 4.79 Å². The van der Waals surface area contributed by atoms with Crippen molar-refractivity contribution in [1.29, 1.82) is 0 Å². The Balaban J connectivity index is 2.20. The van der Waals surface area contributed by atoms with Crippen LogP contribution in [0, 0.1) is 12.7 Å². The van der Waals surface area contributed by atoms with Gasteiger partial charge in [-0.1, -0.05) is 24.3 Å². The molecule has 0 spiro atoms. The van der Waals surface area contributed by atoms with Crippen LogP contribution in [-0.4, -0.2) is 14.3 Å². The molecule has 5 nitrogen and oxygen atoms in total. The van der Waals surface area contributed by atoms with Gasteiger partial charge < -0.3 is 5.32 Å². The van der Waals surface area contributed by atoms with Gasteiger partial charge >= 0.3 is 0 Å². The zero-order valence-corrected chi connectivity index (χ0v) is 12.7. The summed E-state index contributed by atoms with van der Waals surface area (Å²) in [6.45, 7) is 1.71. The number of halogens is 1. The second kappa shape index (κ2) is 6.25. The highest BCUT2D eigenvalue weighted by Gasteiger charge is 2.13. The number of hydrogen-bond acceptors (Lipinski definition) is 3. The first-order valence-corrected chi connectivity index (χ1v) is 7.99. The summed E-state index contributed by atoms with van der Waals surface area (Å²) in [5.74, 6) is -0.910. The van der Waals surface area contributed by atoms with Crippen molar-refractivity contribution in [3.05, 3.63) is 59.4 Å². The maximum absolute atomic E-state index is 13.5. The van der Waals surface area contributed by atoms with Crippen LogP contribution in [0.3, 0.4) is 0 Å². The molecule has 0 aliphatic carbocycles. The number of aryl methyl sites for hydroxylation is 1. The van der Waals surface area contributed by atoms with Crippen molar-refractivity contribution in [3.63, 3.8) is 0 Å². The largest absolute Gasteiger partial charge is 0.326 e. The van der Waals surface area contributed by atoms with E-state index in [-0.39, 0.29) is 16.9 Å². The Hall–Kier alpha value is -2.25. The summed E-state index contributed by atoms with van der Waals surface area (Å²) in [6.07, 6.45) is -0.147. The van der Waals surface area contributed by atoms with Crippen molar-refractivity contribution in [2.45, 2.75) is 18.2 Å². The molecule has 0 atom stereocenters. The Labute approximate surface area is 128 Å². The number of sulfonamides is 1. The van der Waals surface area contributed by atoms with Gasteiger partial charge in [-0.05, 0) is 36.2 Å². The molecular formula is C15H15FN2O3S. The molecule has 0 saturated heterocycles. The SMILES string of the molecule is Cc1ccc(S(N)(=O)=O)cc1NC(=O)Cc1ccccc1F. The summed E-state index contributed by atoms with van der Waals surface area (Å²) in [5.41, 5.74) is 1.27. The van der Waals surface area contributed by atoms with E-state index in [2.05, 4.69) is 5.32 Å². The molecule has 0 aromatic heterocycles. The predicted octanol–water partition coefficient (Wildman–Crippen LogP) is 1.96. The maximum atomic E-state index is 13.5. The number of primary sulfonamides is 1. The Kier molecular flexibility index (Phi) is 4.58. The van der Waals surface area contributed by atoms with E-state index in [1.165, 1.54) is 30.3 Å². The van der Waals surface area contributed by atoms with Crippen molar-refractivity contribution >= 4 is 21.6 Å². The lowest BCUT2D eigenvalue weighted by atomic mass is 10.1. The summed E-state index contributed by atoms with van der Waals surface area (Å²) < 4.78 is 36.2. The van der Waals surface area contributed by atoms with Gasteiger partial charge in [-0.25, -0.2) is 17.9 Å². The summed E-state index contributed by atoms with van der Waals surface area (Å²) in [5, 5.41) is 7.63. The minimum atomic E-state index is -3.85. The van der Waals surface area contributed by atoms with Crippen LogP contribution in [-0.2, 0) is 21.2 Å². The topological polar surface area (TPSA) is 89.3 Å². The fourth-order valence-corrected chi connectivity index (χ4v) is 2.46. The lowest BCUT2D eigenvalue weighted by Crippen LogP contribution is -2.17. The van der Waals surface area contributed by atoms with Crippen LogP contribution >= 0.6 is 0 Å². The monoisotopic (exact) mass is 322 g/mol. The Morgan fingerprint density at radius 3 is 2.55 bits per heavy atom. The van der Waals surface area contributed by atoms with Crippen LogP contribution in [0.5, 0.6) is 0 Å². The third kappa shape index (κ3) is 3.90. The number of benzene rings is 2. The number of carbonyl (C=O) groups excluding carboxylic acids is 1. The number of anilines is 1. The van der Waals surface area contributed by atoms with E-state index < -0.39 is 21.7 Å². The van der Waals surface area contributed by atoms with Gasteiger partial charge in [0.05, 0.1) is 11.3 Å². The minimum absolute atomic E-state index is 0.0979. The highest BCUT2D eigenvalue weighted by Crippen LogP contribution is 2.20. The molecule has 0 bridgehead atoms. The number of rotatable bonds is 4. The first-order valence-electron chi connectivity index (χ1n) is 6.44. The Morgan fingerprint density at radius 2 is 1.91 bits per heavy atom. The fraction of sp³-hybridized carbons (Fsp3) is 0.133. The molecule has 22 heavy (non-hydrogen) atoms. The first kappa shape index (κ1) is 16.1. The third-order valence-electron chi connectivity index (χ3n) is 3.12. The molecule has 2 rings (SSSR count). The summed E-state index contributed by atoms with van der Waals surface area (Å²) in [4.78, 5) is 11.9. The lowest BCUT2D eigenvalue weighted by molar-refractivity contribution is -0.115. The Bertz CT molecular complexity index is 819. The van der Waals surface area contributed by atoms with Crippen LogP contribution in [0.15, 0.2) is 47.4 Å². The lowest BCUT2D eigenvalue weighted by Gasteiger charge is -2.10. The zero-order valence-electron chi connectivity index (χ0n) is 11.8. The van der Waals surface area contributed by atoms with Crippen molar-refractivity contribution in [1.82, 2.24) is 0 Å². The summed E-state index contributed by atoms with van der Waals surface area (Å²) in [7, 11) is -3.85. The van der Waals surface area contributed by atoms with Gasteiger partial charge in [0, 0.05) is 5.69 Å². The number of hydrogen-bond donors (Lipinski definition) is 2. The normalized spacial score (nSPS) is 11.2. The van der Waals surface area contributed by atoms with Crippen molar-refractivity contribution in [2.75, 3.05) is 5.32 Å². The highest BCUT2D eigenvalue weighted by molar-refractivity contribution is 7.89. The van der Waals surface area contributed by atoms with Gasteiger partial charge in [0.15, 0.2) is 0 Å². The standard InChI is InChI=1S/C15H15FN2O3S/c1-10-6-7-12(22(17,20)21)9-14(10)18-15(19)8-11-4-2-3-5-13(11)16/h2-7,9H,8H2,1H3,(H,18,19)(H2,17,20,21). The van der Waals surface area contributed by atoms with Crippen LogP contribution < -0.4 is 10.5 Å². The molecule has 0 saturated carbocycles. The quantitative estimate of drug-likeness (QED) is 0.902. The van der Waals surface area contributed by atoms with Gasteiger partial charge in [-0.2, -0.15) is 0 Å². The summed E-state index contributed by atoms with van der Waals surface area (Å²) >= 11 is 0. The highest BCUT2D eigenvalue weighted by atomic mass is 32.2. The van der Waals surface area contributed by atoms with Gasteiger partial charge in [0.25, 0.3) is 0 Å². The molecule has 3 N–H and O–H groups in total. The molecule has 0 aliphatic rings. The number of carbonyl (C=O) groups is 1. The average Bonchev–Trinajstić information content (AvgIpc) is 2.42. The molecule has 2 aromatic rings. The average molecular weight is 322 g/mol. The molecule has 0 fully saturated rings. The number of nitrogens with two attached hydrogens (primary N) is 1. The zero-order chi connectivity index (χ0) is 16.3. The van der Waals surface area contributed by atoms with Crippen LogP contribution in [0.2, 0.25) is 0 Å². The van der Waals surface area contributed by atoms with Crippen LogP contribution in [0.1, 0.15) is 11.1 Å². The maximum Gasteiger partial charge on any atom is 0.238 e. The van der Waals surface area contributed by atoms with E-state index in [4.69, 9.17) is 5.14 Å². The van der Waals surface area contributed by atoms with Crippen molar-refractivity contribution in [3.8, 4) is 0 Å². The van der Waals surface area contributed by atoms with Crippen molar-refractivity contribution < 1.29 is 17.6 Å². The van der Waals surface area contributed by atoms with E-state index >= 15 is 0 Å². The van der Waals surface area contributed by atoms with Crippen molar-refractivity contribution in [2.24, 2.45) is 5.14 Å². The second-order valence-electron chi connectivity index (χ2n) is 4.84. The minimum Gasteiger partial charge on any atom is -0.326 e. The smallest absolute Gasteiger partial charge is 0.238 e. The van der Waals surface area contributed by atoms with E-state index in [0.717, 1.165) is 0 Å². The van der Waals surface area contributed by atoms with E-state index in [1.807, 2.05) is 0 Å². The predicted molar refractivity (Wildman–Crippen MR) is 81.3 cm³/mol. The molecule has 0 heterocycles. The molecule has 1 amide bonds. The number of nitrogens with one attached hydrogen (secondary N) is 1. The Morgan fingerprint density at radius 1 is 1.23 bits per heavy atom. The second-order valence-corrected chi connectivity index (χ2v) is 6.40. The van der Waals surface area contributed by atoms with E-state index in [0.29, 0.717) is 11.3 Å². The third-order valence-corrected chi connectivity index (χ3v) is 4.03. The van der Waals surface area contributed by atoms with Gasteiger partial charge in [0.1, 0.15) is 5.82 Å². The van der Waals surface area contributed by atoms with Crippen LogP contribution in [0.4, 0.5) is 10.1 Å². The molecule has 116 valence electrons. The fourth-order valence-electron chi connectivity index (χ4n) is 1.92. The van der Waals surface area contributed by atoms with E-state index in [9.17, 15) is 17.6 Å². The number of amides is 1. The molecule has 0 unspecified atom stereocenters. The molecule has 7 heteroatoms. The first-order chi connectivity index (χ1) is 10.3. The van der Waals surface area contributed by atoms with Gasteiger partial charge in [0.2, 0.25) is 15.9 Å². The molecule has 0 radical (unpaired) electrons. The molecule has 0 aliphatic heterocycles. The van der Waals surface area contributed by atoms with Gasteiger partial charge in [-0.15, -0.1) is 0 Å². The molecule has 2 aromatic carbocycles. The summed E-state index contributed by atoms with van der Waals surface area (Å²) in [6, 6.07) is 10.1. The molecular weight excluding hydrogens is 307 g/mol.